The van der Waals surface area contributed by atoms with Gasteiger partial charge in [-0.2, -0.15) is 0 Å². The van der Waals surface area contributed by atoms with Crippen LogP contribution in [0.15, 0.2) is 36.5 Å². The number of benzene rings is 1. The van der Waals surface area contributed by atoms with Gasteiger partial charge in [0.1, 0.15) is 5.82 Å². The minimum Gasteiger partial charge on any atom is -0.324 e. The Kier molecular flexibility index (Phi) is 7.36. The van der Waals surface area contributed by atoms with Gasteiger partial charge in [-0.3, -0.25) is 14.7 Å². The third-order valence-corrected chi connectivity index (χ3v) is 5.48. The summed E-state index contributed by atoms with van der Waals surface area (Å²) in [5.41, 5.74) is 6.87. The molecule has 2 amide bonds. The molecule has 0 radical (unpaired) electrons. The number of hydrogen-bond acceptors (Lipinski definition) is 5. The van der Waals surface area contributed by atoms with Crippen LogP contribution in [0.4, 0.5) is 14.9 Å². The van der Waals surface area contributed by atoms with Crippen molar-refractivity contribution < 1.29 is 14.0 Å². The zero-order chi connectivity index (χ0) is 21.7. The number of likely N-dealkylation sites (N-methyl/N-ethyl adjacent to an activating group) is 1. The predicted octanol–water partition coefficient (Wildman–Crippen LogP) is 2.78. The Morgan fingerprint density at radius 3 is 2.50 bits per heavy atom. The Bertz CT molecular complexity index is 901. The molecule has 0 unspecified atom stereocenters. The summed E-state index contributed by atoms with van der Waals surface area (Å²) in [4.78, 5) is 34.9. The molecule has 0 spiro atoms. The first-order valence-electron chi connectivity index (χ1n) is 9.85. The molecule has 1 aromatic carbocycles. The maximum Gasteiger partial charge on any atom is 0.324 e. The normalized spacial score (nSPS) is 14.6. The summed E-state index contributed by atoms with van der Waals surface area (Å²) in [6, 6.07) is 7.32. The Morgan fingerprint density at radius 2 is 1.93 bits per heavy atom. The van der Waals surface area contributed by atoms with E-state index in [0.29, 0.717) is 30.0 Å². The van der Waals surface area contributed by atoms with Crippen LogP contribution in [-0.4, -0.2) is 65.9 Å². The number of carbonyl (C=O) groups is 2. The molecule has 0 saturated carbocycles. The van der Waals surface area contributed by atoms with Crippen LogP contribution >= 0.6 is 11.6 Å². The van der Waals surface area contributed by atoms with Crippen LogP contribution in [0.5, 0.6) is 0 Å². The van der Waals surface area contributed by atoms with Crippen molar-refractivity contribution in [1.29, 1.82) is 0 Å². The maximum atomic E-state index is 13.7. The summed E-state index contributed by atoms with van der Waals surface area (Å²) in [6.45, 7) is 5.91. The highest BCUT2D eigenvalue weighted by molar-refractivity contribution is 6.31. The monoisotopic (exact) mass is 433 g/mol. The second-order valence-electron chi connectivity index (χ2n) is 7.05. The molecule has 1 aromatic heterocycles. The molecule has 2 aromatic rings. The lowest BCUT2D eigenvalue weighted by Crippen LogP contribution is -2.52. The van der Waals surface area contributed by atoms with Crippen molar-refractivity contribution in [3.8, 4) is 0 Å². The van der Waals surface area contributed by atoms with Crippen LogP contribution in [0.3, 0.4) is 0 Å². The minimum atomic E-state index is -0.549. The van der Waals surface area contributed by atoms with Gasteiger partial charge in [0.2, 0.25) is 0 Å². The first-order valence-corrected chi connectivity index (χ1v) is 10.2. The summed E-state index contributed by atoms with van der Waals surface area (Å²) >= 11 is 5.96. The van der Waals surface area contributed by atoms with Gasteiger partial charge in [-0.15, -0.1) is 0 Å². The lowest BCUT2D eigenvalue weighted by molar-refractivity contribution is 0.100. The number of carbonyl (C=O) groups excluding carboxylic acids is 2. The number of amides is 2. The molecule has 160 valence electrons. The van der Waals surface area contributed by atoms with E-state index in [-0.39, 0.29) is 29.9 Å². The van der Waals surface area contributed by atoms with Gasteiger partial charge in [0, 0.05) is 43.6 Å². The summed E-state index contributed by atoms with van der Waals surface area (Å²) < 4.78 is 13.7. The van der Waals surface area contributed by atoms with Crippen molar-refractivity contribution in [3.63, 3.8) is 0 Å². The molecule has 1 aliphatic heterocycles. The summed E-state index contributed by atoms with van der Waals surface area (Å²) in [6.07, 6.45) is 1.45. The number of aromatic nitrogens is 1. The molecule has 0 aliphatic carbocycles. The molecule has 9 heteroatoms. The number of anilines is 1. The fourth-order valence-corrected chi connectivity index (χ4v) is 3.49. The van der Waals surface area contributed by atoms with Crippen LogP contribution in [0.2, 0.25) is 5.02 Å². The topological polar surface area (TPSA) is 82.8 Å². The summed E-state index contributed by atoms with van der Waals surface area (Å²) in [7, 11) is 0. The SMILES string of the molecule is CCN1CCN(C(=O)N(Cc2ccc(C(=O)CN)cn2)c2ccc(F)c(Cl)c2)CC1. The molecular weight excluding hydrogens is 409 g/mol. The van der Waals surface area contributed by atoms with E-state index >= 15 is 0 Å². The van der Waals surface area contributed by atoms with Gasteiger partial charge < -0.3 is 15.5 Å². The number of nitrogens with two attached hydrogens (primary N) is 1. The van der Waals surface area contributed by atoms with Crippen molar-refractivity contribution >= 4 is 29.1 Å². The van der Waals surface area contributed by atoms with Gasteiger partial charge in [0.15, 0.2) is 5.78 Å². The Morgan fingerprint density at radius 1 is 1.20 bits per heavy atom. The van der Waals surface area contributed by atoms with E-state index in [1.54, 1.807) is 17.0 Å². The van der Waals surface area contributed by atoms with Crippen LogP contribution in [0.1, 0.15) is 23.0 Å². The Hall–Kier alpha value is -2.55. The van der Waals surface area contributed by atoms with E-state index in [1.807, 2.05) is 0 Å². The molecule has 7 nitrogen and oxygen atoms in total. The lowest BCUT2D eigenvalue weighted by Gasteiger charge is -2.37. The molecule has 30 heavy (non-hydrogen) atoms. The van der Waals surface area contributed by atoms with Gasteiger partial charge >= 0.3 is 6.03 Å². The van der Waals surface area contributed by atoms with Crippen molar-refractivity contribution in [2.75, 3.05) is 44.2 Å². The summed E-state index contributed by atoms with van der Waals surface area (Å²) in [5, 5.41) is -0.0575. The van der Waals surface area contributed by atoms with E-state index in [9.17, 15) is 14.0 Å². The van der Waals surface area contributed by atoms with Crippen LogP contribution in [-0.2, 0) is 6.54 Å². The van der Waals surface area contributed by atoms with E-state index < -0.39 is 5.82 Å². The number of nitrogens with zero attached hydrogens (tertiary/aromatic N) is 4. The van der Waals surface area contributed by atoms with Crippen molar-refractivity contribution in [1.82, 2.24) is 14.8 Å². The zero-order valence-corrected chi connectivity index (χ0v) is 17.6. The average molecular weight is 434 g/mol. The largest absolute Gasteiger partial charge is 0.324 e. The Balaban J connectivity index is 1.85. The van der Waals surface area contributed by atoms with Crippen molar-refractivity contribution in [2.45, 2.75) is 13.5 Å². The number of pyridine rings is 1. The Labute approximate surface area is 180 Å². The maximum absolute atomic E-state index is 13.7. The number of hydrogen-bond donors (Lipinski definition) is 1. The number of Topliss-reactive ketones (excluding diaryl/α,β-unsaturated/α-hetero) is 1. The highest BCUT2D eigenvalue weighted by atomic mass is 35.5. The molecule has 2 N–H and O–H groups in total. The third-order valence-electron chi connectivity index (χ3n) is 5.19. The van der Waals surface area contributed by atoms with E-state index in [4.69, 9.17) is 17.3 Å². The number of piperazine rings is 1. The van der Waals surface area contributed by atoms with E-state index in [1.165, 1.54) is 29.3 Å². The second-order valence-corrected chi connectivity index (χ2v) is 7.46. The number of ketones is 1. The molecule has 1 aliphatic rings. The number of rotatable bonds is 6. The number of halogens is 2. The van der Waals surface area contributed by atoms with E-state index in [0.717, 1.165) is 19.6 Å². The first kappa shape index (κ1) is 22.1. The second kappa shape index (κ2) is 9.97. The molecule has 1 saturated heterocycles. The average Bonchev–Trinajstić information content (AvgIpc) is 2.79. The smallest absolute Gasteiger partial charge is 0.324 e. The summed E-state index contributed by atoms with van der Waals surface area (Å²) in [5.74, 6) is -0.756. The molecule has 3 rings (SSSR count). The zero-order valence-electron chi connectivity index (χ0n) is 16.9. The lowest BCUT2D eigenvalue weighted by atomic mass is 10.1. The standard InChI is InChI=1S/C21H25ClFN5O2/c1-2-26-7-9-27(10-8-26)21(30)28(17-5-6-19(23)18(22)11-17)14-16-4-3-15(13-25-16)20(29)12-24/h3-6,11,13H,2,7-10,12,14,24H2,1H3. The first-order chi connectivity index (χ1) is 14.4. The van der Waals surface area contributed by atoms with Gasteiger partial charge in [0.25, 0.3) is 0 Å². The van der Waals surface area contributed by atoms with Crippen LogP contribution in [0, 0.1) is 5.82 Å². The number of urea groups is 1. The molecule has 2 heterocycles. The van der Waals surface area contributed by atoms with Gasteiger partial charge in [-0.1, -0.05) is 18.5 Å². The van der Waals surface area contributed by atoms with E-state index in [2.05, 4.69) is 16.8 Å². The minimum absolute atomic E-state index is 0.0575. The molecular formula is C21H25ClFN5O2. The van der Waals surface area contributed by atoms with Crippen molar-refractivity contribution in [3.05, 3.63) is 58.6 Å². The van der Waals surface area contributed by atoms with Gasteiger partial charge in [-0.25, -0.2) is 9.18 Å². The highest BCUT2D eigenvalue weighted by Gasteiger charge is 2.26. The fourth-order valence-electron chi connectivity index (χ4n) is 3.31. The van der Waals surface area contributed by atoms with Crippen LogP contribution < -0.4 is 10.6 Å². The van der Waals surface area contributed by atoms with Crippen LogP contribution in [0.25, 0.3) is 0 Å². The van der Waals surface area contributed by atoms with Gasteiger partial charge in [-0.05, 0) is 36.9 Å². The van der Waals surface area contributed by atoms with Crippen molar-refractivity contribution in [2.24, 2.45) is 5.73 Å². The molecule has 1 fully saturated rings. The molecule has 0 bridgehead atoms. The molecule has 0 atom stereocenters. The third kappa shape index (κ3) is 5.13. The van der Waals surface area contributed by atoms with Gasteiger partial charge in [0.05, 0.1) is 23.8 Å². The fraction of sp³-hybridized carbons (Fsp3) is 0.381. The quantitative estimate of drug-likeness (QED) is 0.708. The highest BCUT2D eigenvalue weighted by Crippen LogP contribution is 2.25. The predicted molar refractivity (Wildman–Crippen MR) is 114 cm³/mol.